The number of hydrogen-bond acceptors (Lipinski definition) is 6. The Morgan fingerprint density at radius 2 is 2.40 bits per heavy atom. The standard InChI is InChI=1S/C16H18N6O2S/c1-21-13(2-4-18-21)15-14-9-24-8-11(7-22(14)20-19-15)6-17-16(23)12-3-5-25-10-12/h2-5,10-11H,6-9H2,1H3,(H,17,23). The molecule has 3 aromatic heterocycles. The molecular formula is C16H18N6O2S. The fraction of sp³-hybridized carbons (Fsp3) is 0.375. The van der Waals surface area contributed by atoms with E-state index in [4.69, 9.17) is 4.74 Å². The fourth-order valence-corrected chi connectivity index (χ4v) is 3.54. The van der Waals surface area contributed by atoms with Gasteiger partial charge in [-0.05, 0) is 17.5 Å². The van der Waals surface area contributed by atoms with Crippen molar-refractivity contribution in [3.05, 3.63) is 40.3 Å². The molecule has 3 aromatic rings. The van der Waals surface area contributed by atoms with E-state index >= 15 is 0 Å². The maximum atomic E-state index is 12.1. The monoisotopic (exact) mass is 358 g/mol. The molecule has 0 spiro atoms. The third-order valence-electron chi connectivity index (χ3n) is 4.26. The van der Waals surface area contributed by atoms with Gasteiger partial charge in [-0.25, -0.2) is 4.68 Å². The summed E-state index contributed by atoms with van der Waals surface area (Å²) in [7, 11) is 1.88. The van der Waals surface area contributed by atoms with E-state index in [9.17, 15) is 4.79 Å². The Hall–Kier alpha value is -2.52. The molecule has 1 aliphatic rings. The summed E-state index contributed by atoms with van der Waals surface area (Å²) in [6.45, 7) is 2.21. The van der Waals surface area contributed by atoms with Crippen LogP contribution in [-0.4, -0.2) is 43.8 Å². The third kappa shape index (κ3) is 3.20. The van der Waals surface area contributed by atoms with E-state index in [1.807, 2.05) is 34.6 Å². The average molecular weight is 358 g/mol. The highest BCUT2D eigenvalue weighted by Gasteiger charge is 2.24. The van der Waals surface area contributed by atoms with Gasteiger partial charge in [-0.1, -0.05) is 5.21 Å². The normalized spacial score (nSPS) is 17.1. The maximum absolute atomic E-state index is 12.1. The molecule has 1 N–H and O–H groups in total. The molecular weight excluding hydrogens is 340 g/mol. The smallest absolute Gasteiger partial charge is 0.252 e. The summed E-state index contributed by atoms with van der Waals surface area (Å²) in [5.74, 6) is 0.0878. The Labute approximate surface area is 148 Å². The van der Waals surface area contributed by atoms with Crippen LogP contribution in [0.2, 0.25) is 0 Å². The van der Waals surface area contributed by atoms with Crippen molar-refractivity contribution in [2.75, 3.05) is 13.2 Å². The lowest BCUT2D eigenvalue weighted by Gasteiger charge is -2.14. The van der Waals surface area contributed by atoms with Gasteiger partial charge in [0.2, 0.25) is 0 Å². The predicted octanol–water partition coefficient (Wildman–Crippen LogP) is 1.32. The van der Waals surface area contributed by atoms with Crippen molar-refractivity contribution in [2.45, 2.75) is 13.2 Å². The Bertz CT molecular complexity index is 869. The second-order valence-electron chi connectivity index (χ2n) is 6.01. The Balaban J connectivity index is 1.46. The van der Waals surface area contributed by atoms with Crippen LogP contribution in [0.25, 0.3) is 11.4 Å². The van der Waals surface area contributed by atoms with E-state index in [0.29, 0.717) is 31.9 Å². The van der Waals surface area contributed by atoms with Crippen LogP contribution >= 0.6 is 11.3 Å². The van der Waals surface area contributed by atoms with Crippen LogP contribution in [0.15, 0.2) is 29.1 Å². The molecule has 0 aliphatic carbocycles. The van der Waals surface area contributed by atoms with E-state index in [1.54, 1.807) is 10.9 Å². The second kappa shape index (κ2) is 6.77. The summed E-state index contributed by atoms with van der Waals surface area (Å²) in [6, 6.07) is 3.73. The van der Waals surface area contributed by atoms with Gasteiger partial charge in [-0.15, -0.1) is 5.10 Å². The van der Waals surface area contributed by atoms with Crippen LogP contribution in [0.5, 0.6) is 0 Å². The molecule has 0 radical (unpaired) electrons. The van der Waals surface area contributed by atoms with Crippen LogP contribution < -0.4 is 5.32 Å². The minimum Gasteiger partial charge on any atom is -0.375 e. The molecule has 9 heteroatoms. The van der Waals surface area contributed by atoms with Crippen LogP contribution in [0.4, 0.5) is 0 Å². The first-order valence-electron chi connectivity index (χ1n) is 8.01. The quantitative estimate of drug-likeness (QED) is 0.760. The number of fused-ring (bicyclic) bond motifs is 1. The molecule has 0 bridgehead atoms. The van der Waals surface area contributed by atoms with Gasteiger partial charge in [0.25, 0.3) is 5.91 Å². The van der Waals surface area contributed by atoms with Crippen molar-refractivity contribution < 1.29 is 9.53 Å². The van der Waals surface area contributed by atoms with Gasteiger partial charge in [0, 0.05) is 43.2 Å². The maximum Gasteiger partial charge on any atom is 0.252 e. The topological polar surface area (TPSA) is 86.9 Å². The van der Waals surface area contributed by atoms with Crippen LogP contribution in [0.1, 0.15) is 16.1 Å². The minimum absolute atomic E-state index is 0.0557. The molecule has 1 aliphatic heterocycles. The molecule has 1 atom stereocenters. The fourth-order valence-electron chi connectivity index (χ4n) is 2.90. The van der Waals surface area contributed by atoms with Gasteiger partial charge in [-0.2, -0.15) is 16.4 Å². The zero-order valence-corrected chi connectivity index (χ0v) is 14.6. The molecule has 25 heavy (non-hydrogen) atoms. The van der Waals surface area contributed by atoms with Crippen molar-refractivity contribution in [3.63, 3.8) is 0 Å². The highest BCUT2D eigenvalue weighted by Crippen LogP contribution is 2.23. The molecule has 4 heterocycles. The average Bonchev–Trinajstić information content (AvgIpc) is 3.32. The van der Waals surface area contributed by atoms with Crippen LogP contribution in [-0.2, 0) is 24.9 Å². The number of nitrogens with one attached hydrogen (secondary N) is 1. The molecule has 130 valence electrons. The van der Waals surface area contributed by atoms with E-state index in [-0.39, 0.29) is 11.8 Å². The molecule has 1 amide bonds. The van der Waals surface area contributed by atoms with E-state index in [0.717, 1.165) is 17.1 Å². The number of nitrogens with zero attached hydrogens (tertiary/aromatic N) is 5. The zero-order valence-electron chi connectivity index (χ0n) is 13.8. The van der Waals surface area contributed by atoms with Crippen molar-refractivity contribution >= 4 is 17.2 Å². The molecule has 0 fully saturated rings. The number of rotatable bonds is 4. The first-order chi connectivity index (χ1) is 12.2. The van der Waals surface area contributed by atoms with E-state index in [2.05, 4.69) is 20.7 Å². The SMILES string of the molecule is Cn1nccc1-c1nnn2c1COCC(CNC(=O)c1ccsc1)C2. The number of carbonyl (C=O) groups excluding carboxylic acids is 1. The van der Waals surface area contributed by atoms with Crippen molar-refractivity contribution in [1.82, 2.24) is 30.1 Å². The number of aryl methyl sites for hydroxylation is 1. The highest BCUT2D eigenvalue weighted by atomic mass is 32.1. The zero-order chi connectivity index (χ0) is 17.2. The number of carbonyl (C=O) groups is 1. The third-order valence-corrected chi connectivity index (χ3v) is 4.94. The molecule has 0 saturated carbocycles. The van der Waals surface area contributed by atoms with Crippen molar-refractivity contribution in [3.8, 4) is 11.4 Å². The van der Waals surface area contributed by atoms with Gasteiger partial charge in [0.1, 0.15) is 5.69 Å². The number of amides is 1. The van der Waals surface area contributed by atoms with Gasteiger partial charge < -0.3 is 10.1 Å². The second-order valence-corrected chi connectivity index (χ2v) is 6.79. The number of thiophene rings is 1. The Kier molecular flexibility index (Phi) is 4.33. The summed E-state index contributed by atoms with van der Waals surface area (Å²) in [4.78, 5) is 12.1. The number of ether oxygens (including phenoxy) is 1. The molecule has 4 rings (SSSR count). The van der Waals surface area contributed by atoms with E-state index in [1.165, 1.54) is 11.3 Å². The van der Waals surface area contributed by atoms with Crippen molar-refractivity contribution in [2.24, 2.45) is 13.0 Å². The summed E-state index contributed by atoms with van der Waals surface area (Å²) in [6.07, 6.45) is 1.74. The number of aromatic nitrogens is 5. The summed E-state index contributed by atoms with van der Waals surface area (Å²) < 4.78 is 9.46. The van der Waals surface area contributed by atoms with Crippen LogP contribution in [0.3, 0.4) is 0 Å². The van der Waals surface area contributed by atoms with Gasteiger partial charge in [0.15, 0.2) is 0 Å². The Morgan fingerprint density at radius 1 is 1.48 bits per heavy atom. The molecule has 0 saturated heterocycles. The van der Waals surface area contributed by atoms with Crippen LogP contribution in [0, 0.1) is 5.92 Å². The van der Waals surface area contributed by atoms with Gasteiger partial charge >= 0.3 is 0 Å². The number of hydrogen-bond donors (Lipinski definition) is 1. The van der Waals surface area contributed by atoms with Gasteiger partial charge in [-0.3, -0.25) is 9.48 Å². The first-order valence-corrected chi connectivity index (χ1v) is 8.95. The highest BCUT2D eigenvalue weighted by molar-refractivity contribution is 7.08. The first kappa shape index (κ1) is 16.0. The summed E-state index contributed by atoms with van der Waals surface area (Å²) >= 11 is 1.51. The lowest BCUT2D eigenvalue weighted by molar-refractivity contribution is 0.0852. The lowest BCUT2D eigenvalue weighted by atomic mass is 10.1. The molecule has 8 nitrogen and oxygen atoms in total. The lowest BCUT2D eigenvalue weighted by Crippen LogP contribution is -2.32. The Morgan fingerprint density at radius 3 is 3.16 bits per heavy atom. The van der Waals surface area contributed by atoms with Gasteiger partial charge in [0.05, 0.1) is 24.6 Å². The minimum atomic E-state index is -0.0557. The summed E-state index contributed by atoms with van der Waals surface area (Å²) in [5, 5.41) is 19.5. The molecule has 1 unspecified atom stereocenters. The van der Waals surface area contributed by atoms with E-state index < -0.39 is 0 Å². The predicted molar refractivity (Wildman–Crippen MR) is 92.0 cm³/mol. The molecule has 0 aromatic carbocycles. The largest absolute Gasteiger partial charge is 0.375 e. The van der Waals surface area contributed by atoms with Crippen molar-refractivity contribution in [1.29, 1.82) is 0 Å². The summed E-state index contributed by atoms with van der Waals surface area (Å²) in [5.41, 5.74) is 3.34.